The minimum absolute atomic E-state index is 0.529. The van der Waals surface area contributed by atoms with Crippen LogP contribution < -0.4 is 0 Å². The molecule has 0 spiro atoms. The van der Waals surface area contributed by atoms with E-state index in [1.54, 1.807) is 0 Å². The summed E-state index contributed by atoms with van der Waals surface area (Å²) in [6.07, 6.45) is 0. The van der Waals surface area contributed by atoms with Crippen LogP contribution in [0.5, 0.6) is 0 Å². The Morgan fingerprint density at radius 2 is 0.527 bits per heavy atom. The molecule has 9 aromatic heterocycles. The lowest BCUT2D eigenvalue weighted by Crippen LogP contribution is -2.06. The molecule has 17 aromatic carbocycles. The van der Waals surface area contributed by atoms with Gasteiger partial charge in [-0.15, -0.1) is 0 Å². The molecule has 0 aliphatic heterocycles. The summed E-state index contributed by atoms with van der Waals surface area (Å²) in [5.41, 5.74) is 26.5. The molecule has 14 heteroatoms. The van der Waals surface area contributed by atoms with Crippen LogP contribution in [0.25, 0.3) is 246 Å². The average molecular weight is 1680 g/mol. The summed E-state index contributed by atoms with van der Waals surface area (Å²) >= 11 is 0. The molecule has 612 valence electrons. The minimum atomic E-state index is 0.529. The predicted octanol–water partition coefficient (Wildman–Crippen LogP) is 28.9. The molecular weight excluding hydrogens is 1600 g/mol. The van der Waals surface area contributed by atoms with E-state index in [0.717, 1.165) is 210 Å². The summed E-state index contributed by atoms with van der Waals surface area (Å²) in [4.78, 5) is 47.4. The fraction of sp³-hybridized carbons (Fsp3) is 0. The van der Waals surface area contributed by atoms with Crippen molar-refractivity contribution in [2.75, 3.05) is 0 Å². The fourth-order valence-electron chi connectivity index (χ4n) is 18.9. The number of fused-ring (bicyclic) bond motifs is 15. The maximum atomic E-state index is 6.32. The minimum Gasteiger partial charge on any atom is -0.456 e. The first-order valence-corrected chi connectivity index (χ1v) is 43.8. The van der Waals surface area contributed by atoms with Crippen molar-refractivity contribution in [1.82, 2.24) is 63.1 Å². The predicted molar refractivity (Wildman–Crippen MR) is 532 cm³/mol. The number of para-hydroxylation sites is 5. The highest BCUT2D eigenvalue weighted by molar-refractivity contribution is 6.19. The Bertz CT molecular complexity index is 8880. The molecule has 14 nitrogen and oxygen atoms in total. The molecular formula is C117H73N13O. The molecule has 0 saturated heterocycles. The van der Waals surface area contributed by atoms with Crippen LogP contribution in [-0.4, -0.2) is 63.1 Å². The first-order valence-electron chi connectivity index (χ1n) is 43.8. The van der Waals surface area contributed by atoms with Crippen molar-refractivity contribution < 1.29 is 4.42 Å². The van der Waals surface area contributed by atoms with Crippen molar-refractivity contribution in [2.24, 2.45) is 0 Å². The Morgan fingerprint density at radius 1 is 0.183 bits per heavy atom. The summed E-state index contributed by atoms with van der Waals surface area (Å²) < 4.78 is 15.3. The Morgan fingerprint density at radius 3 is 0.992 bits per heavy atom. The van der Waals surface area contributed by atoms with Crippen LogP contribution in [0.4, 0.5) is 0 Å². The van der Waals surface area contributed by atoms with Gasteiger partial charge in [0.05, 0.1) is 61.0 Å². The summed E-state index contributed by atoms with van der Waals surface area (Å²) in [5.74, 6) is 4.54. The van der Waals surface area contributed by atoms with Gasteiger partial charge in [-0.05, 0) is 119 Å². The van der Waals surface area contributed by atoms with E-state index >= 15 is 0 Å². The van der Waals surface area contributed by atoms with Crippen LogP contribution in [0.3, 0.4) is 0 Å². The molecule has 0 aliphatic carbocycles. The third-order valence-electron chi connectivity index (χ3n) is 25.0. The zero-order valence-corrected chi connectivity index (χ0v) is 70.4. The van der Waals surface area contributed by atoms with Gasteiger partial charge in [-0.1, -0.05) is 340 Å². The topological polar surface area (TPSA) is 149 Å². The normalized spacial score (nSPS) is 11.7. The van der Waals surface area contributed by atoms with E-state index < -0.39 is 0 Å². The van der Waals surface area contributed by atoms with Gasteiger partial charge in [-0.2, -0.15) is 9.97 Å². The van der Waals surface area contributed by atoms with Gasteiger partial charge in [0.25, 0.3) is 0 Å². The van der Waals surface area contributed by atoms with Crippen molar-refractivity contribution in [2.45, 2.75) is 0 Å². The largest absolute Gasteiger partial charge is 0.456 e. The van der Waals surface area contributed by atoms with Crippen molar-refractivity contribution in [3.63, 3.8) is 0 Å². The van der Waals surface area contributed by atoms with Gasteiger partial charge in [0, 0.05) is 105 Å². The molecule has 0 N–H and O–H groups in total. The molecule has 26 aromatic rings. The quantitative estimate of drug-likeness (QED) is 0.103. The number of hydrogen-bond donors (Lipinski definition) is 0. The highest BCUT2D eigenvalue weighted by Gasteiger charge is 2.28. The van der Waals surface area contributed by atoms with Crippen LogP contribution >= 0.6 is 0 Å². The first kappa shape index (κ1) is 75.5. The summed E-state index contributed by atoms with van der Waals surface area (Å²) in [6, 6.07) is 153. The molecule has 131 heavy (non-hydrogen) atoms. The lowest BCUT2D eigenvalue weighted by atomic mass is 9.99. The molecule has 0 amide bonds. The summed E-state index contributed by atoms with van der Waals surface area (Å²) in [7, 11) is 0. The van der Waals surface area contributed by atoms with Crippen molar-refractivity contribution >= 4 is 109 Å². The molecule has 0 atom stereocenters. The maximum Gasteiger partial charge on any atom is 0.238 e. The van der Waals surface area contributed by atoms with Gasteiger partial charge in [-0.25, -0.2) is 34.9 Å². The highest BCUT2D eigenvalue weighted by Crippen LogP contribution is 2.46. The van der Waals surface area contributed by atoms with E-state index in [-0.39, 0.29) is 0 Å². The van der Waals surface area contributed by atoms with Crippen molar-refractivity contribution in [3.8, 4) is 136 Å². The number of furan rings is 1. The Kier molecular flexibility index (Phi) is 18.2. The van der Waals surface area contributed by atoms with Crippen LogP contribution in [0, 0.1) is 0 Å². The Hall–Kier alpha value is -18.0. The first-order chi connectivity index (χ1) is 65.0. The molecule has 0 unspecified atom stereocenters. The lowest BCUT2D eigenvalue weighted by molar-refractivity contribution is 0.669. The maximum absolute atomic E-state index is 6.32. The van der Waals surface area contributed by atoms with Crippen LogP contribution in [-0.2, 0) is 0 Å². The number of benzene rings is 17. The second-order valence-electron chi connectivity index (χ2n) is 32.7. The SMILES string of the molecule is c1ccc(-c2cc(-n3c4ccccc4c4cc(-c5ccc6c(c5)c5c(-c7ccccc7)nc(-c7ccccc7)nc5n6-c5ccccc5)ccc43)nc(-c3ccccc3)n2)cc1.c1ccc(-c2nc(-c3cccc4oc5ccccc5c34)nc(-n3c4ccccc4c4cc(-c5ccc6c(c5)c5c(-c7ccccc7)nc(-c7ccccc7)nc5n6-c5ccccc5)ccc43)n2)cc1. The smallest absolute Gasteiger partial charge is 0.238 e. The van der Waals surface area contributed by atoms with Gasteiger partial charge in [-0.3, -0.25) is 18.3 Å². The van der Waals surface area contributed by atoms with E-state index in [1.807, 2.05) is 140 Å². The van der Waals surface area contributed by atoms with Gasteiger partial charge in [0.2, 0.25) is 5.95 Å². The standard InChI is InChI=1S/C61H37N7O.C56H36N6/c1-5-18-38(19-6-1)56-55-48-37-42(33-35-51(48)67(43-24-11-4-12-25-43)60(55)64-57(62-56)39-20-7-2-8-21-39)41-32-34-50-47(36-41)44-26-13-15-29-49(44)68(50)61-65-58(40-22-9-3-10-23-40)63-59(66-61)46-28-17-31-53-54(46)45-27-14-16-30-52(45)69-53;1-6-18-37(19-7-1)47-36-51(58-54(57-47)39-22-10-3-11-23-39)62-48-29-17-16-28-44(48)45-34-41(30-32-49(45)62)42-31-33-50-46(35-42)52-53(38-20-8-2-9-21-38)59-55(40-24-12-4-13-25-40)60-56(52)61(50)43-26-14-5-15-27-43/h1-37H;1-36H. The fourth-order valence-corrected chi connectivity index (χ4v) is 18.9. The number of nitrogens with zero attached hydrogens (tertiary/aromatic N) is 13. The van der Waals surface area contributed by atoms with Crippen LogP contribution in [0.15, 0.2) is 447 Å². The molecule has 0 bridgehead atoms. The lowest BCUT2D eigenvalue weighted by Gasteiger charge is -2.12. The van der Waals surface area contributed by atoms with Gasteiger partial charge < -0.3 is 4.42 Å². The summed E-state index contributed by atoms with van der Waals surface area (Å²) in [5, 5.41) is 10.6. The molecule has 0 saturated carbocycles. The van der Waals surface area contributed by atoms with Crippen molar-refractivity contribution in [3.05, 3.63) is 443 Å². The third-order valence-corrected chi connectivity index (χ3v) is 25.0. The average Bonchev–Trinajstić information content (AvgIpc) is 1.57. The molecule has 9 heterocycles. The van der Waals surface area contributed by atoms with E-state index in [4.69, 9.17) is 49.3 Å². The molecule has 0 radical (unpaired) electrons. The number of rotatable bonds is 14. The molecule has 0 fully saturated rings. The zero-order valence-electron chi connectivity index (χ0n) is 70.4. The second kappa shape index (κ2) is 31.6. The van der Waals surface area contributed by atoms with Crippen molar-refractivity contribution in [1.29, 1.82) is 0 Å². The zero-order chi connectivity index (χ0) is 86.4. The van der Waals surface area contributed by atoms with Gasteiger partial charge >= 0.3 is 0 Å². The molecule has 0 aliphatic rings. The number of aromatic nitrogens is 13. The van der Waals surface area contributed by atoms with E-state index in [0.29, 0.717) is 35.1 Å². The third kappa shape index (κ3) is 13.1. The summed E-state index contributed by atoms with van der Waals surface area (Å²) in [6.45, 7) is 0. The highest BCUT2D eigenvalue weighted by atomic mass is 16.3. The monoisotopic (exact) mass is 1680 g/mol. The Labute approximate surface area is 751 Å². The molecule has 26 rings (SSSR count). The van der Waals surface area contributed by atoms with Gasteiger partial charge in [0.1, 0.15) is 28.3 Å². The van der Waals surface area contributed by atoms with E-state index in [2.05, 4.69) is 322 Å². The van der Waals surface area contributed by atoms with E-state index in [9.17, 15) is 0 Å². The van der Waals surface area contributed by atoms with E-state index in [1.165, 1.54) is 0 Å². The second-order valence-corrected chi connectivity index (χ2v) is 32.7. The van der Waals surface area contributed by atoms with Gasteiger partial charge in [0.15, 0.2) is 29.1 Å². The Balaban J connectivity index is 0.000000142. The number of hydrogen-bond acceptors (Lipinski definition) is 10. The van der Waals surface area contributed by atoms with Crippen LogP contribution in [0.1, 0.15) is 0 Å². The van der Waals surface area contributed by atoms with Crippen LogP contribution in [0.2, 0.25) is 0 Å².